The lowest BCUT2D eigenvalue weighted by atomic mass is 10.1. The van der Waals surface area contributed by atoms with E-state index in [0.717, 1.165) is 32.4 Å². The van der Waals surface area contributed by atoms with Crippen molar-refractivity contribution < 1.29 is 9.18 Å². The fourth-order valence-electron chi connectivity index (χ4n) is 2.35. The van der Waals surface area contributed by atoms with E-state index >= 15 is 0 Å². The van der Waals surface area contributed by atoms with E-state index in [1.165, 1.54) is 0 Å². The highest BCUT2D eigenvalue weighted by molar-refractivity contribution is 5.94. The Morgan fingerprint density at radius 2 is 1.94 bits per heavy atom. The average Bonchev–Trinajstić information content (AvgIpc) is 2.37. The highest BCUT2D eigenvalue weighted by atomic mass is 19.1. The number of likely N-dealkylation sites (N-methyl/N-ethyl adjacent to an activating group) is 1. The minimum Gasteiger partial charge on any atom is -0.363 e. The number of hydrogen-bond acceptors (Lipinski definition) is 2. The molecule has 0 radical (unpaired) electrons. The first-order chi connectivity index (χ1) is 8.11. The van der Waals surface area contributed by atoms with Gasteiger partial charge < -0.3 is 9.80 Å². The third-order valence-electron chi connectivity index (χ3n) is 3.50. The molecule has 0 aromatic heterocycles. The maximum absolute atomic E-state index is 14.2. The smallest absolute Gasteiger partial charge is 0.273 e. The minimum atomic E-state index is -0.400. The number of amides is 1. The molecular weight excluding hydrogens is 219 g/mol. The van der Waals surface area contributed by atoms with Crippen molar-refractivity contribution >= 4 is 5.91 Å². The van der Waals surface area contributed by atoms with Crippen molar-refractivity contribution in [1.29, 1.82) is 0 Å². The zero-order valence-electron chi connectivity index (χ0n) is 10.3. The number of carbonyl (C=O) groups excluding carboxylic acids is 1. The summed E-state index contributed by atoms with van der Waals surface area (Å²) >= 11 is 0. The van der Waals surface area contributed by atoms with Crippen LogP contribution in [0.1, 0.15) is 25.7 Å². The van der Waals surface area contributed by atoms with Gasteiger partial charge in [-0.15, -0.1) is 0 Å². The summed E-state index contributed by atoms with van der Waals surface area (Å²) in [6, 6.07) is 0. The summed E-state index contributed by atoms with van der Waals surface area (Å²) in [6.45, 7) is 5.92. The van der Waals surface area contributed by atoms with Crippen LogP contribution in [0, 0.1) is 0 Å². The summed E-state index contributed by atoms with van der Waals surface area (Å²) < 4.78 is 14.2. The fraction of sp³-hybridized carbons (Fsp3) is 0.615. The fourth-order valence-corrected chi connectivity index (χ4v) is 2.35. The molecule has 4 heteroatoms. The van der Waals surface area contributed by atoms with E-state index in [9.17, 15) is 9.18 Å². The van der Waals surface area contributed by atoms with Crippen LogP contribution < -0.4 is 0 Å². The van der Waals surface area contributed by atoms with E-state index in [-0.39, 0.29) is 11.6 Å². The van der Waals surface area contributed by atoms with E-state index in [4.69, 9.17) is 0 Å². The lowest BCUT2D eigenvalue weighted by Crippen LogP contribution is -2.47. The molecule has 0 aromatic rings. The van der Waals surface area contributed by atoms with Crippen LogP contribution in [0.4, 0.5) is 4.39 Å². The van der Waals surface area contributed by atoms with Crippen LogP contribution in [-0.2, 0) is 4.79 Å². The lowest BCUT2D eigenvalue weighted by Gasteiger charge is -2.35. The van der Waals surface area contributed by atoms with E-state index < -0.39 is 5.83 Å². The standard InChI is InChI=1S/C13H19FN2O/c1-10-6-4-3-5-7-16-9-8-15(2)13(17)12(16)11(10)14/h1,3-9H2,2H3/b12-11+. The highest BCUT2D eigenvalue weighted by Crippen LogP contribution is 2.28. The molecule has 17 heavy (non-hydrogen) atoms. The summed E-state index contributed by atoms with van der Waals surface area (Å²) in [7, 11) is 1.72. The summed E-state index contributed by atoms with van der Waals surface area (Å²) in [6.07, 6.45) is 3.69. The van der Waals surface area contributed by atoms with E-state index in [0.29, 0.717) is 18.5 Å². The second-order valence-electron chi connectivity index (χ2n) is 4.79. The molecule has 1 saturated heterocycles. The molecule has 0 aliphatic carbocycles. The summed E-state index contributed by atoms with van der Waals surface area (Å²) in [5, 5.41) is 0. The molecule has 0 bridgehead atoms. The molecule has 2 aliphatic rings. The van der Waals surface area contributed by atoms with Crippen LogP contribution in [0.3, 0.4) is 0 Å². The number of rotatable bonds is 0. The van der Waals surface area contributed by atoms with Crippen LogP contribution >= 0.6 is 0 Å². The van der Waals surface area contributed by atoms with Crippen molar-refractivity contribution in [1.82, 2.24) is 9.80 Å². The van der Waals surface area contributed by atoms with Crippen molar-refractivity contribution in [2.75, 3.05) is 26.7 Å². The van der Waals surface area contributed by atoms with Crippen LogP contribution in [0.15, 0.2) is 23.7 Å². The predicted octanol–water partition coefficient (Wildman–Crippen LogP) is 2.07. The van der Waals surface area contributed by atoms with E-state index in [1.54, 1.807) is 11.9 Å². The van der Waals surface area contributed by atoms with Crippen molar-refractivity contribution in [3.63, 3.8) is 0 Å². The topological polar surface area (TPSA) is 23.6 Å². The molecular formula is C13H19FN2O. The van der Waals surface area contributed by atoms with Crippen molar-refractivity contribution in [3.05, 3.63) is 23.7 Å². The summed E-state index contributed by atoms with van der Waals surface area (Å²) in [4.78, 5) is 15.5. The predicted molar refractivity (Wildman–Crippen MR) is 65.0 cm³/mol. The second kappa shape index (κ2) is 4.90. The Morgan fingerprint density at radius 1 is 1.18 bits per heavy atom. The van der Waals surface area contributed by atoms with Crippen LogP contribution in [0.5, 0.6) is 0 Å². The van der Waals surface area contributed by atoms with Gasteiger partial charge in [0.25, 0.3) is 5.91 Å². The molecule has 94 valence electrons. The van der Waals surface area contributed by atoms with Gasteiger partial charge in [-0.25, -0.2) is 4.39 Å². The average molecular weight is 238 g/mol. The molecule has 2 aliphatic heterocycles. The Bertz CT molecular complexity index is 376. The third kappa shape index (κ3) is 2.35. The van der Waals surface area contributed by atoms with Gasteiger partial charge in [-0.3, -0.25) is 4.79 Å². The Balaban J connectivity index is 2.37. The Hall–Kier alpha value is -1.32. The molecule has 2 heterocycles. The number of carbonyl (C=O) groups is 1. The van der Waals surface area contributed by atoms with Crippen LogP contribution in [0.2, 0.25) is 0 Å². The second-order valence-corrected chi connectivity index (χ2v) is 4.79. The molecule has 1 fully saturated rings. The van der Waals surface area contributed by atoms with Gasteiger partial charge in [-0.05, 0) is 24.8 Å². The van der Waals surface area contributed by atoms with E-state index in [2.05, 4.69) is 6.58 Å². The van der Waals surface area contributed by atoms with Gasteiger partial charge in [-0.2, -0.15) is 0 Å². The van der Waals surface area contributed by atoms with Gasteiger partial charge in [0.15, 0.2) is 5.83 Å². The van der Waals surface area contributed by atoms with Crippen LogP contribution in [-0.4, -0.2) is 42.4 Å². The Morgan fingerprint density at radius 3 is 2.71 bits per heavy atom. The zero-order chi connectivity index (χ0) is 12.4. The van der Waals surface area contributed by atoms with Gasteiger partial charge in [0.1, 0.15) is 5.70 Å². The van der Waals surface area contributed by atoms with Gasteiger partial charge in [0, 0.05) is 26.7 Å². The number of fused-ring (bicyclic) bond motifs is 1. The maximum Gasteiger partial charge on any atom is 0.273 e. The zero-order valence-corrected chi connectivity index (χ0v) is 10.3. The maximum atomic E-state index is 14.2. The lowest BCUT2D eigenvalue weighted by molar-refractivity contribution is -0.130. The summed E-state index contributed by atoms with van der Waals surface area (Å²) in [5.74, 6) is -0.611. The van der Waals surface area contributed by atoms with Crippen molar-refractivity contribution in [3.8, 4) is 0 Å². The van der Waals surface area contributed by atoms with Gasteiger partial charge in [0.2, 0.25) is 0 Å². The first-order valence-corrected chi connectivity index (χ1v) is 6.19. The molecule has 0 saturated carbocycles. The quantitative estimate of drug-likeness (QED) is 0.645. The van der Waals surface area contributed by atoms with Gasteiger partial charge >= 0.3 is 0 Å². The van der Waals surface area contributed by atoms with E-state index in [1.807, 2.05) is 4.90 Å². The first kappa shape index (κ1) is 12.1. The number of nitrogens with zero attached hydrogens (tertiary/aromatic N) is 2. The highest BCUT2D eigenvalue weighted by Gasteiger charge is 2.31. The Kier molecular flexibility index (Phi) is 3.50. The molecule has 3 nitrogen and oxygen atoms in total. The summed E-state index contributed by atoms with van der Waals surface area (Å²) in [5.41, 5.74) is 0.696. The molecule has 0 atom stereocenters. The first-order valence-electron chi connectivity index (χ1n) is 6.19. The number of allylic oxidation sites excluding steroid dienone is 2. The molecule has 2 rings (SSSR count). The molecule has 0 spiro atoms. The number of halogens is 1. The molecule has 0 aromatic carbocycles. The van der Waals surface area contributed by atoms with Crippen LogP contribution in [0.25, 0.3) is 0 Å². The Labute approximate surface area is 102 Å². The third-order valence-corrected chi connectivity index (χ3v) is 3.50. The molecule has 0 unspecified atom stereocenters. The SMILES string of the molecule is C=C1CCCCCN2CCN(C)C(=O)/C2=C/1F. The van der Waals surface area contributed by atoms with Gasteiger partial charge in [-0.1, -0.05) is 13.0 Å². The minimum absolute atomic E-state index is 0.211. The molecule has 1 amide bonds. The monoisotopic (exact) mass is 238 g/mol. The number of hydrogen-bond donors (Lipinski definition) is 0. The van der Waals surface area contributed by atoms with Crippen molar-refractivity contribution in [2.24, 2.45) is 0 Å². The molecule has 0 N–H and O–H groups in total. The largest absolute Gasteiger partial charge is 0.363 e. The number of piperazine rings is 1. The van der Waals surface area contributed by atoms with Gasteiger partial charge in [0.05, 0.1) is 0 Å². The van der Waals surface area contributed by atoms with Crippen molar-refractivity contribution in [2.45, 2.75) is 25.7 Å². The normalized spacial score (nSPS) is 27.4.